The number of sulfonamides is 2. The van der Waals surface area contributed by atoms with Crippen LogP contribution in [-0.2, 0) is 20.0 Å². The zero-order valence-corrected chi connectivity index (χ0v) is 18.3. The topological polar surface area (TPSA) is 147 Å². The van der Waals surface area contributed by atoms with E-state index in [1.807, 2.05) is 4.90 Å². The van der Waals surface area contributed by atoms with Crippen molar-refractivity contribution in [1.29, 1.82) is 0 Å². The van der Waals surface area contributed by atoms with Gasteiger partial charge in [0.1, 0.15) is 10.7 Å². The van der Waals surface area contributed by atoms with Gasteiger partial charge < -0.3 is 15.1 Å². The number of carbonyl (C=O) groups excluding carboxylic acids is 1. The molecule has 0 spiro atoms. The molecule has 0 aromatic carbocycles. The number of nitrogens with two attached hydrogens (primary N) is 1. The maximum absolute atomic E-state index is 12.7. The fourth-order valence-corrected chi connectivity index (χ4v) is 6.46. The fourth-order valence-electron chi connectivity index (χ4n) is 3.67. The van der Waals surface area contributed by atoms with Crippen molar-refractivity contribution >= 4 is 31.8 Å². The van der Waals surface area contributed by atoms with Gasteiger partial charge in [-0.3, -0.25) is 4.79 Å². The summed E-state index contributed by atoms with van der Waals surface area (Å²) in [6, 6.07) is 5.61. The molecule has 31 heavy (non-hydrogen) atoms. The molecule has 1 amide bonds. The number of hydrogen-bond donors (Lipinski definition) is 1. The van der Waals surface area contributed by atoms with E-state index in [1.54, 1.807) is 6.07 Å². The van der Waals surface area contributed by atoms with Crippen molar-refractivity contribution in [3.05, 3.63) is 36.2 Å². The van der Waals surface area contributed by atoms with Crippen molar-refractivity contribution in [2.24, 2.45) is 5.73 Å². The van der Waals surface area contributed by atoms with E-state index < -0.39 is 26.0 Å². The van der Waals surface area contributed by atoms with E-state index in [1.165, 1.54) is 33.0 Å². The second kappa shape index (κ2) is 8.22. The molecule has 0 unspecified atom stereocenters. The zero-order valence-electron chi connectivity index (χ0n) is 16.7. The van der Waals surface area contributed by atoms with Crippen LogP contribution in [0.25, 0.3) is 0 Å². The Labute approximate surface area is 180 Å². The third-order valence-electron chi connectivity index (χ3n) is 5.40. The molecule has 0 bridgehead atoms. The van der Waals surface area contributed by atoms with Gasteiger partial charge in [-0.1, -0.05) is 0 Å². The summed E-state index contributed by atoms with van der Waals surface area (Å²) in [5.41, 5.74) is 5.11. The highest BCUT2D eigenvalue weighted by Crippen LogP contribution is 2.24. The maximum atomic E-state index is 12.7. The summed E-state index contributed by atoms with van der Waals surface area (Å²) in [6.45, 7) is 2.16. The quantitative estimate of drug-likeness (QED) is 0.625. The normalized spacial score (nSPS) is 19.0. The number of anilines is 1. The molecule has 0 atom stereocenters. The predicted molar refractivity (Wildman–Crippen MR) is 110 cm³/mol. The van der Waals surface area contributed by atoms with E-state index in [2.05, 4.69) is 4.98 Å². The summed E-state index contributed by atoms with van der Waals surface area (Å²) in [7, 11) is -7.42. The highest BCUT2D eigenvalue weighted by atomic mass is 32.2. The molecule has 2 aromatic rings. The number of primary amides is 1. The van der Waals surface area contributed by atoms with Crippen LogP contribution in [0.5, 0.6) is 0 Å². The summed E-state index contributed by atoms with van der Waals surface area (Å²) < 4.78 is 58.5. The second-order valence-corrected chi connectivity index (χ2v) is 11.1. The van der Waals surface area contributed by atoms with Gasteiger partial charge in [-0.2, -0.15) is 8.61 Å². The summed E-state index contributed by atoms with van der Waals surface area (Å²) in [5, 5.41) is -0.329. The molecular formula is C18H23N5O6S2. The number of nitrogens with zero attached hydrogens (tertiary/aromatic N) is 4. The van der Waals surface area contributed by atoms with Gasteiger partial charge in [0.15, 0.2) is 5.76 Å². The van der Waals surface area contributed by atoms with Gasteiger partial charge in [-0.15, -0.1) is 0 Å². The Balaban J connectivity index is 1.42. The van der Waals surface area contributed by atoms with Crippen LogP contribution in [0.15, 0.2) is 44.9 Å². The molecule has 2 fully saturated rings. The lowest BCUT2D eigenvalue weighted by Gasteiger charge is -2.34. The molecule has 13 heteroatoms. The van der Waals surface area contributed by atoms with Gasteiger partial charge in [-0.05, 0) is 37.1 Å². The molecule has 4 heterocycles. The maximum Gasteiger partial charge on any atom is 0.284 e. The van der Waals surface area contributed by atoms with Crippen molar-refractivity contribution in [2.45, 2.75) is 22.8 Å². The van der Waals surface area contributed by atoms with Crippen LogP contribution in [0.4, 0.5) is 5.82 Å². The van der Waals surface area contributed by atoms with E-state index in [-0.39, 0.29) is 28.8 Å². The van der Waals surface area contributed by atoms with Crippen molar-refractivity contribution in [2.75, 3.05) is 44.2 Å². The fraction of sp³-hybridized carbons (Fsp3) is 0.444. The van der Waals surface area contributed by atoms with Crippen LogP contribution in [0, 0.1) is 0 Å². The van der Waals surface area contributed by atoms with E-state index in [9.17, 15) is 21.6 Å². The molecule has 11 nitrogen and oxygen atoms in total. The molecule has 2 saturated heterocycles. The highest BCUT2D eigenvalue weighted by Gasteiger charge is 2.32. The molecule has 2 aromatic heterocycles. The van der Waals surface area contributed by atoms with Crippen molar-refractivity contribution in [3.63, 3.8) is 0 Å². The number of furan rings is 1. The van der Waals surface area contributed by atoms with E-state index >= 15 is 0 Å². The number of rotatable bonds is 6. The Kier molecular flexibility index (Phi) is 5.77. The third kappa shape index (κ3) is 4.18. The minimum Gasteiger partial charge on any atom is -0.438 e. The van der Waals surface area contributed by atoms with Crippen LogP contribution in [-0.4, -0.2) is 75.6 Å². The molecule has 2 aliphatic heterocycles. The minimum atomic E-state index is -3.89. The van der Waals surface area contributed by atoms with Crippen LogP contribution < -0.4 is 10.6 Å². The zero-order chi connectivity index (χ0) is 22.2. The minimum absolute atomic E-state index is 0.155. The standard InChI is InChI=1S/C18H23N5O6S2/c19-18(24)15-4-6-17(29-15)31(27,28)23-11-9-21(10-12-23)16-5-3-14(13-20-16)30(25,26)22-7-1-2-8-22/h3-6,13H,1-2,7-12H2,(H2,19,24). The first-order valence-electron chi connectivity index (χ1n) is 9.80. The predicted octanol–water partition coefficient (Wildman–Crippen LogP) is 0.0689. The lowest BCUT2D eigenvalue weighted by atomic mass is 10.3. The van der Waals surface area contributed by atoms with Crippen molar-refractivity contribution in [3.8, 4) is 0 Å². The number of pyridine rings is 1. The molecule has 4 rings (SSSR count). The number of amides is 1. The van der Waals surface area contributed by atoms with Gasteiger partial charge in [-0.25, -0.2) is 21.8 Å². The number of aromatic nitrogens is 1. The average molecular weight is 470 g/mol. The number of piperazine rings is 1. The third-order valence-corrected chi connectivity index (χ3v) is 9.06. The summed E-state index contributed by atoms with van der Waals surface area (Å²) >= 11 is 0. The van der Waals surface area contributed by atoms with E-state index in [0.29, 0.717) is 32.0 Å². The summed E-state index contributed by atoms with van der Waals surface area (Å²) in [4.78, 5) is 17.5. The second-order valence-electron chi connectivity index (χ2n) is 7.34. The van der Waals surface area contributed by atoms with E-state index in [4.69, 9.17) is 10.2 Å². The van der Waals surface area contributed by atoms with Crippen LogP contribution >= 0.6 is 0 Å². The Morgan fingerprint density at radius 3 is 2.06 bits per heavy atom. The smallest absolute Gasteiger partial charge is 0.284 e. The van der Waals surface area contributed by atoms with E-state index in [0.717, 1.165) is 12.8 Å². The van der Waals surface area contributed by atoms with Gasteiger partial charge in [0, 0.05) is 45.5 Å². The molecule has 0 saturated carbocycles. The largest absolute Gasteiger partial charge is 0.438 e. The SMILES string of the molecule is NC(=O)c1ccc(S(=O)(=O)N2CCN(c3ccc(S(=O)(=O)N4CCCC4)cn3)CC2)o1. The Bertz CT molecular complexity index is 1160. The highest BCUT2D eigenvalue weighted by molar-refractivity contribution is 7.89. The summed E-state index contributed by atoms with van der Waals surface area (Å²) in [5.74, 6) is -0.482. The first kappa shape index (κ1) is 21.7. The van der Waals surface area contributed by atoms with Gasteiger partial charge in [0.25, 0.3) is 15.9 Å². The Hall–Kier alpha value is -2.48. The number of carbonyl (C=O) groups is 1. The molecule has 0 radical (unpaired) electrons. The Morgan fingerprint density at radius 2 is 1.52 bits per heavy atom. The molecule has 168 valence electrons. The van der Waals surface area contributed by atoms with Crippen LogP contribution in [0.1, 0.15) is 23.4 Å². The molecule has 2 aliphatic rings. The first-order chi connectivity index (χ1) is 14.7. The number of hydrogen-bond acceptors (Lipinski definition) is 8. The van der Waals surface area contributed by atoms with Gasteiger partial charge in [0.05, 0.1) is 0 Å². The van der Waals surface area contributed by atoms with Gasteiger partial charge >= 0.3 is 0 Å². The Morgan fingerprint density at radius 1 is 0.871 bits per heavy atom. The van der Waals surface area contributed by atoms with Crippen molar-refractivity contribution < 1.29 is 26.0 Å². The lowest BCUT2D eigenvalue weighted by molar-refractivity contribution is 0.0968. The average Bonchev–Trinajstić information content (AvgIpc) is 3.47. The van der Waals surface area contributed by atoms with Crippen molar-refractivity contribution in [1.82, 2.24) is 13.6 Å². The van der Waals surface area contributed by atoms with Gasteiger partial charge in [0.2, 0.25) is 15.1 Å². The monoisotopic (exact) mass is 469 g/mol. The first-order valence-corrected chi connectivity index (χ1v) is 12.7. The molecule has 0 aliphatic carbocycles. The summed E-state index contributed by atoms with van der Waals surface area (Å²) in [6.07, 6.45) is 3.07. The van der Waals surface area contributed by atoms with Crippen LogP contribution in [0.2, 0.25) is 0 Å². The lowest BCUT2D eigenvalue weighted by Crippen LogP contribution is -2.48. The molecular weight excluding hydrogens is 446 g/mol. The molecule has 2 N–H and O–H groups in total. The van der Waals surface area contributed by atoms with Crippen LogP contribution in [0.3, 0.4) is 0 Å².